The number of rotatable bonds is 6. The smallest absolute Gasteiger partial charge is 0.263 e. The zero-order valence-corrected chi connectivity index (χ0v) is 17.5. The highest BCUT2D eigenvalue weighted by Gasteiger charge is 2.24. The normalized spacial score (nSPS) is 17.5. The average molecular weight is 467 g/mol. The maximum absolute atomic E-state index is 12.0. The lowest BCUT2D eigenvalue weighted by Crippen LogP contribution is -2.43. The average Bonchev–Trinajstić information content (AvgIpc) is 3.17. The van der Waals surface area contributed by atoms with Gasteiger partial charge in [-0.25, -0.2) is 4.98 Å². The van der Waals surface area contributed by atoms with Gasteiger partial charge in [0.25, 0.3) is 5.91 Å². The number of thiazole rings is 1. The summed E-state index contributed by atoms with van der Waals surface area (Å²) in [6.45, 7) is 5.76. The number of carbonyl (C=O) groups excluding carboxylic acids is 1. The number of hydrogen-bond acceptors (Lipinski definition) is 5. The number of aromatic nitrogens is 1. The minimum atomic E-state index is -0.0666. The predicted octanol–water partition coefficient (Wildman–Crippen LogP) is 1.34. The van der Waals surface area contributed by atoms with Gasteiger partial charge >= 0.3 is 0 Å². The van der Waals surface area contributed by atoms with E-state index in [2.05, 4.69) is 25.5 Å². The molecule has 9 heteroatoms. The quantitative estimate of drug-likeness (QED) is 0.286. The third-order valence-corrected chi connectivity index (χ3v) is 4.77. The molecule has 2 N–H and O–H groups in total. The lowest BCUT2D eigenvalue weighted by Gasteiger charge is -2.21. The molecule has 0 radical (unpaired) electrons. The molecule has 0 aliphatic carbocycles. The number of aryl methyl sites for hydroxylation is 1. The zero-order valence-electron chi connectivity index (χ0n) is 14.4. The summed E-state index contributed by atoms with van der Waals surface area (Å²) >= 11 is 1.36. The van der Waals surface area contributed by atoms with Crippen molar-refractivity contribution in [2.24, 2.45) is 10.9 Å². The topological polar surface area (TPSA) is 78.8 Å². The zero-order chi connectivity index (χ0) is 16.7. The van der Waals surface area contributed by atoms with E-state index in [-0.39, 0.29) is 29.9 Å². The highest BCUT2D eigenvalue weighted by atomic mass is 127. The van der Waals surface area contributed by atoms with Gasteiger partial charge in [0.05, 0.1) is 17.8 Å². The van der Waals surface area contributed by atoms with Gasteiger partial charge in [-0.3, -0.25) is 9.79 Å². The minimum Gasteiger partial charge on any atom is -0.384 e. The van der Waals surface area contributed by atoms with Crippen molar-refractivity contribution in [1.29, 1.82) is 0 Å². The molecule has 0 aromatic carbocycles. The number of guanidine groups is 1. The number of halogens is 1. The van der Waals surface area contributed by atoms with E-state index in [1.54, 1.807) is 19.7 Å². The molecule has 1 aromatic heterocycles. The van der Waals surface area contributed by atoms with Crippen molar-refractivity contribution in [2.75, 3.05) is 46.9 Å². The molecule has 1 fully saturated rings. The Labute approximate surface area is 164 Å². The van der Waals surface area contributed by atoms with Crippen LogP contribution in [0.1, 0.15) is 21.8 Å². The molecule has 1 atom stereocenters. The van der Waals surface area contributed by atoms with Crippen LogP contribution in [0.4, 0.5) is 0 Å². The van der Waals surface area contributed by atoms with E-state index in [4.69, 9.17) is 4.74 Å². The van der Waals surface area contributed by atoms with Gasteiger partial charge < -0.3 is 20.3 Å². The van der Waals surface area contributed by atoms with Crippen molar-refractivity contribution < 1.29 is 9.53 Å². The standard InChI is InChI=1S/C15H25N5O2S.HI/c1-11-13(23-10-19-11)14(21)17-5-6-18-15(16-2)20-7-4-12(8-20)9-22-3;/h10,12H,4-9H2,1-3H3,(H,16,18)(H,17,21);1H. The van der Waals surface area contributed by atoms with Gasteiger partial charge in [0.2, 0.25) is 0 Å². The molecule has 1 aromatic rings. The van der Waals surface area contributed by atoms with Crippen LogP contribution in [0.2, 0.25) is 0 Å². The summed E-state index contributed by atoms with van der Waals surface area (Å²) in [5.41, 5.74) is 2.46. The fourth-order valence-electron chi connectivity index (χ4n) is 2.68. The first-order valence-electron chi connectivity index (χ1n) is 7.78. The molecule has 1 aliphatic rings. The number of methoxy groups -OCH3 is 1. The number of aliphatic imine (C=N–C) groups is 1. The second-order valence-electron chi connectivity index (χ2n) is 5.55. The Hall–Kier alpha value is -0.940. The molecular formula is C15H26IN5O2S. The molecule has 0 bridgehead atoms. The fourth-order valence-corrected chi connectivity index (χ4v) is 3.40. The lowest BCUT2D eigenvalue weighted by atomic mass is 10.1. The lowest BCUT2D eigenvalue weighted by molar-refractivity contribution is 0.0957. The molecular weight excluding hydrogens is 441 g/mol. The number of nitrogens with zero attached hydrogens (tertiary/aromatic N) is 3. The van der Waals surface area contributed by atoms with Gasteiger partial charge in [-0.05, 0) is 13.3 Å². The number of likely N-dealkylation sites (tertiary alicyclic amines) is 1. The molecule has 2 rings (SSSR count). The van der Waals surface area contributed by atoms with E-state index >= 15 is 0 Å². The summed E-state index contributed by atoms with van der Waals surface area (Å²) in [7, 11) is 3.52. The van der Waals surface area contributed by atoms with Gasteiger partial charge in [0.15, 0.2) is 5.96 Å². The van der Waals surface area contributed by atoms with Crippen molar-refractivity contribution in [2.45, 2.75) is 13.3 Å². The number of ether oxygens (including phenoxy) is 1. The number of hydrogen-bond donors (Lipinski definition) is 2. The predicted molar refractivity (Wildman–Crippen MR) is 108 cm³/mol. The third-order valence-electron chi connectivity index (χ3n) is 3.84. The SMILES string of the molecule is CN=C(NCCNC(=O)c1scnc1C)N1CCC(COC)C1.I. The van der Waals surface area contributed by atoms with Crippen LogP contribution in [0.3, 0.4) is 0 Å². The van der Waals surface area contributed by atoms with E-state index in [0.29, 0.717) is 23.9 Å². The van der Waals surface area contributed by atoms with Crippen molar-refractivity contribution >= 4 is 47.2 Å². The Balaban J connectivity index is 0.00000288. The summed E-state index contributed by atoms with van der Waals surface area (Å²) in [6.07, 6.45) is 1.12. The van der Waals surface area contributed by atoms with Gasteiger partial charge in [-0.2, -0.15) is 0 Å². The Kier molecular flexibility index (Phi) is 9.52. The van der Waals surface area contributed by atoms with Crippen LogP contribution in [0.25, 0.3) is 0 Å². The highest BCUT2D eigenvalue weighted by Crippen LogP contribution is 2.16. The van der Waals surface area contributed by atoms with E-state index in [9.17, 15) is 4.79 Å². The van der Waals surface area contributed by atoms with Crippen LogP contribution < -0.4 is 10.6 Å². The molecule has 2 heterocycles. The number of carbonyl (C=O) groups is 1. The minimum absolute atomic E-state index is 0. The summed E-state index contributed by atoms with van der Waals surface area (Å²) < 4.78 is 5.22. The van der Waals surface area contributed by atoms with Crippen molar-refractivity contribution in [3.63, 3.8) is 0 Å². The fraction of sp³-hybridized carbons (Fsp3) is 0.667. The molecule has 136 valence electrons. The first-order chi connectivity index (χ1) is 11.2. The molecule has 7 nitrogen and oxygen atoms in total. The van der Waals surface area contributed by atoms with E-state index in [0.717, 1.165) is 37.8 Å². The maximum Gasteiger partial charge on any atom is 0.263 e. The van der Waals surface area contributed by atoms with Crippen LogP contribution in [-0.2, 0) is 4.74 Å². The van der Waals surface area contributed by atoms with Crippen LogP contribution in [-0.4, -0.2) is 68.7 Å². The highest BCUT2D eigenvalue weighted by molar-refractivity contribution is 14.0. The van der Waals surface area contributed by atoms with Crippen LogP contribution in [0.5, 0.6) is 0 Å². The Bertz CT molecular complexity index is 552. The Morgan fingerprint density at radius 3 is 2.88 bits per heavy atom. The van der Waals surface area contributed by atoms with E-state index in [1.807, 2.05) is 6.92 Å². The van der Waals surface area contributed by atoms with Crippen molar-refractivity contribution in [3.8, 4) is 0 Å². The molecule has 0 saturated carbocycles. The first kappa shape index (κ1) is 21.1. The maximum atomic E-state index is 12.0. The van der Waals surface area contributed by atoms with Crippen LogP contribution >= 0.6 is 35.3 Å². The van der Waals surface area contributed by atoms with Crippen LogP contribution in [0, 0.1) is 12.8 Å². The van der Waals surface area contributed by atoms with Crippen LogP contribution in [0.15, 0.2) is 10.5 Å². The Morgan fingerprint density at radius 2 is 2.25 bits per heavy atom. The molecule has 1 aliphatic heterocycles. The summed E-state index contributed by atoms with van der Waals surface area (Å²) in [4.78, 5) is 23.3. The molecule has 1 amide bonds. The van der Waals surface area contributed by atoms with Crippen molar-refractivity contribution in [3.05, 3.63) is 16.1 Å². The summed E-state index contributed by atoms with van der Waals surface area (Å²) in [5.74, 6) is 1.38. The monoisotopic (exact) mass is 467 g/mol. The van der Waals surface area contributed by atoms with Gasteiger partial charge in [-0.15, -0.1) is 35.3 Å². The van der Waals surface area contributed by atoms with Gasteiger partial charge in [0, 0.05) is 46.3 Å². The molecule has 1 unspecified atom stereocenters. The van der Waals surface area contributed by atoms with E-state index in [1.165, 1.54) is 11.3 Å². The third kappa shape index (κ3) is 5.85. The molecule has 0 spiro atoms. The van der Waals surface area contributed by atoms with E-state index < -0.39 is 0 Å². The molecule has 24 heavy (non-hydrogen) atoms. The Morgan fingerprint density at radius 1 is 1.50 bits per heavy atom. The largest absolute Gasteiger partial charge is 0.384 e. The van der Waals surface area contributed by atoms with Gasteiger partial charge in [-0.1, -0.05) is 0 Å². The number of nitrogens with one attached hydrogen (secondary N) is 2. The summed E-state index contributed by atoms with van der Waals surface area (Å²) in [5, 5.41) is 6.20. The molecule has 1 saturated heterocycles. The van der Waals surface area contributed by atoms with Gasteiger partial charge in [0.1, 0.15) is 4.88 Å². The van der Waals surface area contributed by atoms with Crippen molar-refractivity contribution in [1.82, 2.24) is 20.5 Å². The summed E-state index contributed by atoms with van der Waals surface area (Å²) in [6, 6.07) is 0. The first-order valence-corrected chi connectivity index (χ1v) is 8.66. The second kappa shape index (κ2) is 10.8. The second-order valence-corrected chi connectivity index (χ2v) is 6.41. The number of amides is 1.